The summed E-state index contributed by atoms with van der Waals surface area (Å²) < 4.78 is 27.0. The minimum atomic E-state index is -4.35. The van der Waals surface area contributed by atoms with Crippen LogP contribution in [0.3, 0.4) is 0 Å². The van der Waals surface area contributed by atoms with E-state index in [-0.39, 0.29) is 0 Å². The van der Waals surface area contributed by atoms with Crippen molar-refractivity contribution in [1.29, 1.82) is 0 Å². The number of carboxylic acids is 1. The number of aliphatic hydroxyl groups is 1. The fraction of sp³-hybridized carbons (Fsp3) is 0.444. The number of nitrogens with zero attached hydrogens (tertiary/aromatic N) is 2. The zero-order chi connectivity index (χ0) is 15.7. The first kappa shape index (κ1) is 16.1. The lowest BCUT2D eigenvalue weighted by Crippen LogP contribution is -2.43. The van der Waals surface area contributed by atoms with Gasteiger partial charge in [-0.15, -0.1) is 0 Å². The third-order valence-electron chi connectivity index (χ3n) is 2.46. The second kappa shape index (κ2) is 5.56. The van der Waals surface area contributed by atoms with Gasteiger partial charge in [0, 0.05) is 26.8 Å². The van der Waals surface area contributed by atoms with Gasteiger partial charge in [0.1, 0.15) is 0 Å². The molecule has 112 valence electrons. The number of rotatable bonds is 5. The van der Waals surface area contributed by atoms with Crippen molar-refractivity contribution in [2.24, 2.45) is 14.1 Å². The lowest BCUT2D eigenvalue weighted by atomic mass is 10.4. The van der Waals surface area contributed by atoms with E-state index >= 15 is 0 Å². The molecule has 0 fully saturated rings. The van der Waals surface area contributed by atoms with Crippen LogP contribution in [-0.4, -0.2) is 46.4 Å². The van der Waals surface area contributed by atoms with Crippen LogP contribution in [0.1, 0.15) is 0 Å². The van der Waals surface area contributed by atoms with Crippen molar-refractivity contribution in [2.75, 3.05) is 6.54 Å². The number of aromatic nitrogens is 2. The summed E-state index contributed by atoms with van der Waals surface area (Å²) in [6, 6.07) is 0. The summed E-state index contributed by atoms with van der Waals surface area (Å²) in [5, 5.41) is 17.4. The molecule has 0 saturated heterocycles. The minimum Gasteiger partial charge on any atom is -0.479 e. The predicted molar refractivity (Wildman–Crippen MR) is 65.8 cm³/mol. The standard InChI is InChI=1S/C9H13N3O7S/c1-11-4-6(7(14)12(2)9(11)17)20(18,19)10-3-5(13)8(15)16/h4-5,10,13H,3H2,1-2H3,(H,15,16)/t5-/m0/s1. The van der Waals surface area contributed by atoms with Gasteiger partial charge in [-0.3, -0.25) is 9.36 Å². The molecule has 0 unspecified atom stereocenters. The monoisotopic (exact) mass is 307 g/mol. The first-order valence-corrected chi connectivity index (χ1v) is 6.73. The normalized spacial score (nSPS) is 13.2. The number of hydrogen-bond donors (Lipinski definition) is 3. The van der Waals surface area contributed by atoms with Gasteiger partial charge in [-0.25, -0.2) is 22.7 Å². The number of aryl methyl sites for hydroxylation is 1. The molecule has 0 aromatic carbocycles. The Labute approximate surface area is 112 Å². The fourth-order valence-corrected chi connectivity index (χ4v) is 2.51. The van der Waals surface area contributed by atoms with Crippen molar-refractivity contribution in [3.8, 4) is 0 Å². The molecular weight excluding hydrogens is 294 g/mol. The fourth-order valence-electron chi connectivity index (χ4n) is 1.31. The number of aliphatic hydroxyl groups excluding tert-OH is 1. The maximum absolute atomic E-state index is 11.9. The van der Waals surface area contributed by atoms with Gasteiger partial charge in [-0.2, -0.15) is 0 Å². The highest BCUT2D eigenvalue weighted by Gasteiger charge is 2.23. The molecule has 0 amide bonds. The number of nitrogens with one attached hydrogen (secondary N) is 1. The lowest BCUT2D eigenvalue weighted by Gasteiger charge is -2.10. The molecule has 0 bridgehead atoms. The molecule has 1 aromatic heterocycles. The predicted octanol–water partition coefficient (Wildman–Crippen LogP) is -3.19. The second-order valence-corrected chi connectivity index (χ2v) is 5.69. The minimum absolute atomic E-state index is 0.599. The Morgan fingerprint density at radius 2 is 1.95 bits per heavy atom. The van der Waals surface area contributed by atoms with Crippen molar-refractivity contribution in [1.82, 2.24) is 13.9 Å². The molecule has 1 rings (SSSR count). The molecule has 1 atom stereocenters. The van der Waals surface area contributed by atoms with Crippen LogP contribution in [0.2, 0.25) is 0 Å². The third-order valence-corrected chi connectivity index (χ3v) is 3.86. The van der Waals surface area contributed by atoms with Gasteiger partial charge in [0.25, 0.3) is 5.56 Å². The van der Waals surface area contributed by atoms with E-state index < -0.39 is 44.8 Å². The summed E-state index contributed by atoms with van der Waals surface area (Å²) in [6.45, 7) is -0.802. The van der Waals surface area contributed by atoms with Crippen molar-refractivity contribution >= 4 is 16.0 Å². The van der Waals surface area contributed by atoms with Crippen molar-refractivity contribution < 1.29 is 23.4 Å². The van der Waals surface area contributed by atoms with E-state index in [2.05, 4.69) is 0 Å². The smallest absolute Gasteiger partial charge is 0.333 e. The Balaban J connectivity index is 3.21. The van der Waals surface area contributed by atoms with Gasteiger partial charge in [0.2, 0.25) is 10.0 Å². The van der Waals surface area contributed by atoms with E-state index in [9.17, 15) is 22.8 Å². The van der Waals surface area contributed by atoms with Gasteiger partial charge in [-0.1, -0.05) is 0 Å². The van der Waals surface area contributed by atoms with E-state index in [4.69, 9.17) is 10.2 Å². The Bertz CT molecular complexity index is 746. The van der Waals surface area contributed by atoms with Crippen molar-refractivity contribution in [2.45, 2.75) is 11.0 Å². The van der Waals surface area contributed by atoms with Crippen LogP contribution >= 0.6 is 0 Å². The molecule has 1 heterocycles. The average Bonchev–Trinajstić information content (AvgIpc) is 2.37. The number of carboxylic acid groups (broad SMARTS) is 1. The molecule has 0 aliphatic heterocycles. The van der Waals surface area contributed by atoms with Gasteiger partial charge >= 0.3 is 11.7 Å². The molecule has 0 spiro atoms. The Kier molecular flexibility index (Phi) is 4.47. The summed E-state index contributed by atoms with van der Waals surface area (Å²) >= 11 is 0. The first-order valence-electron chi connectivity index (χ1n) is 5.25. The molecule has 0 aliphatic rings. The van der Waals surface area contributed by atoms with Crippen LogP contribution in [0.5, 0.6) is 0 Å². The molecule has 20 heavy (non-hydrogen) atoms. The van der Waals surface area contributed by atoms with Crippen LogP contribution in [0, 0.1) is 0 Å². The molecule has 0 saturated carbocycles. The van der Waals surface area contributed by atoms with E-state index in [1.165, 1.54) is 7.05 Å². The zero-order valence-corrected chi connectivity index (χ0v) is 11.4. The third kappa shape index (κ3) is 3.12. The lowest BCUT2D eigenvalue weighted by molar-refractivity contribution is -0.146. The Morgan fingerprint density at radius 3 is 2.45 bits per heavy atom. The largest absolute Gasteiger partial charge is 0.479 e. The summed E-state index contributed by atoms with van der Waals surface area (Å²) in [6.07, 6.45) is -1.12. The van der Waals surface area contributed by atoms with Crippen LogP contribution in [0.15, 0.2) is 20.7 Å². The number of hydrogen-bond acceptors (Lipinski definition) is 6. The summed E-state index contributed by atoms with van der Waals surface area (Å²) in [5.74, 6) is -1.61. The summed E-state index contributed by atoms with van der Waals surface area (Å²) in [4.78, 5) is 32.8. The number of sulfonamides is 1. The van der Waals surface area contributed by atoms with Crippen LogP contribution in [-0.2, 0) is 28.9 Å². The molecule has 1 aromatic rings. The Hall–Kier alpha value is -1.98. The van der Waals surface area contributed by atoms with E-state index in [1.807, 2.05) is 0 Å². The molecule has 11 heteroatoms. The van der Waals surface area contributed by atoms with Crippen LogP contribution in [0.4, 0.5) is 0 Å². The van der Waals surface area contributed by atoms with Crippen molar-refractivity contribution in [3.63, 3.8) is 0 Å². The molecule has 3 N–H and O–H groups in total. The zero-order valence-electron chi connectivity index (χ0n) is 10.6. The van der Waals surface area contributed by atoms with Crippen LogP contribution < -0.4 is 16.0 Å². The topological polar surface area (TPSA) is 148 Å². The molecule has 10 nitrogen and oxygen atoms in total. The molecule has 0 radical (unpaired) electrons. The van der Waals surface area contributed by atoms with E-state index in [0.717, 1.165) is 17.8 Å². The number of carbonyl (C=O) groups is 1. The quantitative estimate of drug-likeness (QED) is 0.519. The van der Waals surface area contributed by atoms with E-state index in [0.29, 0.717) is 4.57 Å². The number of aliphatic carboxylic acids is 1. The Morgan fingerprint density at radius 1 is 1.40 bits per heavy atom. The highest BCUT2D eigenvalue weighted by Crippen LogP contribution is 2.00. The van der Waals surface area contributed by atoms with Gasteiger partial charge in [0.15, 0.2) is 11.0 Å². The maximum atomic E-state index is 11.9. The summed E-state index contributed by atoms with van der Waals surface area (Å²) in [5.41, 5.74) is -1.76. The van der Waals surface area contributed by atoms with E-state index in [1.54, 1.807) is 4.72 Å². The van der Waals surface area contributed by atoms with Gasteiger partial charge in [0.05, 0.1) is 0 Å². The van der Waals surface area contributed by atoms with Crippen molar-refractivity contribution in [3.05, 3.63) is 27.0 Å². The SMILES string of the molecule is Cn1cc(S(=O)(=O)NC[C@H](O)C(=O)O)c(=O)n(C)c1=O. The van der Waals surface area contributed by atoms with Crippen LogP contribution in [0.25, 0.3) is 0 Å². The molecular formula is C9H13N3O7S. The first-order chi connectivity index (χ1) is 9.08. The molecule has 0 aliphatic carbocycles. The highest BCUT2D eigenvalue weighted by atomic mass is 32.2. The van der Waals surface area contributed by atoms with Gasteiger partial charge in [-0.05, 0) is 0 Å². The highest BCUT2D eigenvalue weighted by molar-refractivity contribution is 7.89. The van der Waals surface area contributed by atoms with Gasteiger partial charge < -0.3 is 14.8 Å². The second-order valence-electron chi connectivity index (χ2n) is 3.96. The maximum Gasteiger partial charge on any atom is 0.333 e. The summed E-state index contributed by atoms with van der Waals surface area (Å²) in [7, 11) is -1.98. The average molecular weight is 307 g/mol.